The van der Waals surface area contributed by atoms with Crippen LogP contribution < -0.4 is 5.32 Å². The number of benzene rings is 2. The second kappa shape index (κ2) is 9.82. The summed E-state index contributed by atoms with van der Waals surface area (Å²) in [4.78, 5) is 37.7. The Kier molecular flexibility index (Phi) is 7.15. The molecule has 0 bridgehead atoms. The highest BCUT2D eigenvalue weighted by molar-refractivity contribution is 5.89. The van der Waals surface area contributed by atoms with E-state index >= 15 is 0 Å². The summed E-state index contributed by atoms with van der Waals surface area (Å²) in [5, 5.41) is 11.7. The van der Waals surface area contributed by atoms with Crippen molar-refractivity contribution in [2.45, 2.75) is 38.0 Å². The molecule has 1 aliphatic carbocycles. The molecule has 0 fully saturated rings. The van der Waals surface area contributed by atoms with Gasteiger partial charge in [0.05, 0.1) is 6.10 Å². The summed E-state index contributed by atoms with van der Waals surface area (Å²) in [5.41, 5.74) is 4.38. The predicted octanol–water partition coefficient (Wildman–Crippen LogP) is 2.86. The molecule has 0 aliphatic heterocycles. The molecule has 0 aromatic heterocycles. The number of amides is 2. The fourth-order valence-corrected chi connectivity index (χ4v) is 3.86. The van der Waals surface area contributed by atoms with E-state index in [-0.39, 0.29) is 12.5 Å². The topological polar surface area (TPSA) is 105 Å². The van der Waals surface area contributed by atoms with E-state index in [9.17, 15) is 19.5 Å². The van der Waals surface area contributed by atoms with Crippen molar-refractivity contribution in [2.75, 3.05) is 20.8 Å². The van der Waals surface area contributed by atoms with Gasteiger partial charge in [-0.3, -0.25) is 4.79 Å². The van der Waals surface area contributed by atoms with Crippen LogP contribution in [0.4, 0.5) is 4.79 Å². The van der Waals surface area contributed by atoms with Crippen LogP contribution in [0.1, 0.15) is 30.9 Å². The Morgan fingerprint density at radius 1 is 1.03 bits per heavy atom. The summed E-state index contributed by atoms with van der Waals surface area (Å²) in [6, 6.07) is 13.8. The Morgan fingerprint density at radius 3 is 2.06 bits per heavy atom. The Morgan fingerprint density at radius 2 is 1.56 bits per heavy atom. The lowest BCUT2D eigenvalue weighted by Gasteiger charge is -2.29. The quantitative estimate of drug-likeness (QED) is 0.654. The molecular formula is C24H28N2O6. The zero-order chi connectivity index (χ0) is 23.4. The number of hydrogen-bond donors (Lipinski definition) is 2. The summed E-state index contributed by atoms with van der Waals surface area (Å²) >= 11 is 0. The molecule has 2 aromatic rings. The number of rotatable bonds is 8. The van der Waals surface area contributed by atoms with Gasteiger partial charge in [0.2, 0.25) is 5.91 Å². The van der Waals surface area contributed by atoms with Gasteiger partial charge in [0.1, 0.15) is 18.7 Å². The molecule has 8 heteroatoms. The molecule has 3 rings (SSSR count). The Bertz CT molecular complexity index is 962. The third-order valence-corrected chi connectivity index (χ3v) is 6.01. The number of carbonyl (C=O) groups is 3. The van der Waals surface area contributed by atoms with Crippen molar-refractivity contribution in [1.82, 2.24) is 10.2 Å². The molecule has 2 N–H and O–H groups in total. The zero-order valence-corrected chi connectivity index (χ0v) is 18.6. The van der Waals surface area contributed by atoms with Gasteiger partial charge in [0, 0.05) is 20.1 Å². The first kappa shape index (κ1) is 23.3. The summed E-state index contributed by atoms with van der Waals surface area (Å²) < 4.78 is 10.7. The van der Waals surface area contributed by atoms with Gasteiger partial charge in [-0.15, -0.1) is 0 Å². The number of carboxylic acid groups (broad SMARTS) is 1. The van der Waals surface area contributed by atoms with Gasteiger partial charge in [-0.05, 0) is 36.1 Å². The Labute approximate surface area is 187 Å². The van der Waals surface area contributed by atoms with Crippen molar-refractivity contribution in [3.63, 3.8) is 0 Å². The van der Waals surface area contributed by atoms with Crippen LogP contribution in [0.2, 0.25) is 0 Å². The Balaban J connectivity index is 1.71. The molecule has 8 nitrogen and oxygen atoms in total. The number of likely N-dealkylation sites (N-methyl/N-ethyl adjacent to an activating group) is 1. The van der Waals surface area contributed by atoms with Gasteiger partial charge in [-0.2, -0.15) is 0 Å². The smallest absolute Gasteiger partial charge is 0.407 e. The average Bonchev–Trinajstić information content (AvgIpc) is 3.13. The lowest BCUT2D eigenvalue weighted by molar-refractivity contribution is -0.150. The summed E-state index contributed by atoms with van der Waals surface area (Å²) in [6.45, 7) is 3.11. The molecule has 0 heterocycles. The van der Waals surface area contributed by atoms with Gasteiger partial charge in [-0.25, -0.2) is 9.59 Å². The third-order valence-electron chi connectivity index (χ3n) is 6.01. The molecule has 2 aromatic carbocycles. The van der Waals surface area contributed by atoms with E-state index in [1.807, 2.05) is 48.5 Å². The standard InChI is InChI=1S/C24H28N2O6/c1-14(23(28)29)26(3)22(27)21(15(2)31-4)25-24(30)32-13-20-18-11-7-5-9-16(18)17-10-6-8-12-19(17)20/h5-12,14-15,20-21H,13H2,1-4H3,(H,25,30)(H,28,29). The molecule has 0 spiro atoms. The van der Waals surface area contributed by atoms with Crippen LogP contribution in [0.3, 0.4) is 0 Å². The lowest BCUT2D eigenvalue weighted by Crippen LogP contribution is -2.56. The van der Waals surface area contributed by atoms with E-state index < -0.39 is 36.2 Å². The molecule has 1 aliphatic rings. The van der Waals surface area contributed by atoms with Crippen LogP contribution in [0.25, 0.3) is 11.1 Å². The van der Waals surface area contributed by atoms with Crippen LogP contribution in [0.15, 0.2) is 48.5 Å². The minimum atomic E-state index is -1.15. The number of aliphatic carboxylic acids is 1. The number of nitrogens with zero attached hydrogens (tertiary/aromatic N) is 1. The summed E-state index contributed by atoms with van der Waals surface area (Å²) in [6.07, 6.45) is -1.46. The van der Waals surface area contributed by atoms with E-state index in [0.29, 0.717) is 0 Å². The van der Waals surface area contributed by atoms with Crippen molar-refractivity contribution >= 4 is 18.0 Å². The second-order valence-corrected chi connectivity index (χ2v) is 7.85. The van der Waals surface area contributed by atoms with Crippen molar-refractivity contribution < 1.29 is 29.0 Å². The fourth-order valence-electron chi connectivity index (χ4n) is 3.86. The maximum atomic E-state index is 12.8. The van der Waals surface area contributed by atoms with E-state index in [4.69, 9.17) is 9.47 Å². The summed E-state index contributed by atoms with van der Waals surface area (Å²) in [5.74, 6) is -1.84. The van der Waals surface area contributed by atoms with Crippen LogP contribution in [0.5, 0.6) is 0 Å². The number of nitrogens with one attached hydrogen (secondary N) is 1. The monoisotopic (exact) mass is 440 g/mol. The minimum absolute atomic E-state index is 0.101. The number of fused-ring (bicyclic) bond motifs is 3. The number of carbonyl (C=O) groups excluding carboxylic acids is 2. The number of ether oxygens (including phenoxy) is 2. The molecule has 3 unspecified atom stereocenters. The van der Waals surface area contributed by atoms with Crippen molar-refractivity contribution in [3.05, 3.63) is 59.7 Å². The molecule has 2 amide bonds. The minimum Gasteiger partial charge on any atom is -0.480 e. The van der Waals surface area contributed by atoms with Gasteiger partial charge in [0.15, 0.2) is 0 Å². The van der Waals surface area contributed by atoms with Crippen LogP contribution in [-0.2, 0) is 19.1 Å². The Hall–Kier alpha value is -3.39. The first-order chi connectivity index (χ1) is 15.3. The van der Waals surface area contributed by atoms with E-state index in [2.05, 4.69) is 5.32 Å². The maximum absolute atomic E-state index is 12.8. The van der Waals surface area contributed by atoms with Gasteiger partial charge in [-0.1, -0.05) is 48.5 Å². The third kappa shape index (κ3) is 4.60. The molecule has 0 saturated carbocycles. The highest BCUT2D eigenvalue weighted by Crippen LogP contribution is 2.44. The number of hydrogen-bond acceptors (Lipinski definition) is 5. The largest absolute Gasteiger partial charge is 0.480 e. The number of methoxy groups -OCH3 is 1. The molecule has 3 atom stereocenters. The zero-order valence-electron chi connectivity index (χ0n) is 18.6. The molecule has 32 heavy (non-hydrogen) atoms. The normalized spacial score (nSPS) is 15.1. The molecule has 170 valence electrons. The molecule has 0 saturated heterocycles. The van der Waals surface area contributed by atoms with E-state index in [0.717, 1.165) is 27.2 Å². The van der Waals surface area contributed by atoms with Crippen molar-refractivity contribution in [1.29, 1.82) is 0 Å². The van der Waals surface area contributed by atoms with Crippen LogP contribution in [0, 0.1) is 0 Å². The summed E-state index contributed by atoms with van der Waals surface area (Å²) in [7, 11) is 2.78. The highest BCUT2D eigenvalue weighted by Gasteiger charge is 2.34. The van der Waals surface area contributed by atoms with Gasteiger partial charge < -0.3 is 24.8 Å². The second-order valence-electron chi connectivity index (χ2n) is 7.85. The first-order valence-electron chi connectivity index (χ1n) is 10.4. The van der Waals surface area contributed by atoms with Gasteiger partial charge in [0.25, 0.3) is 0 Å². The van der Waals surface area contributed by atoms with Gasteiger partial charge >= 0.3 is 12.1 Å². The average molecular weight is 440 g/mol. The first-order valence-corrected chi connectivity index (χ1v) is 10.4. The molecule has 0 radical (unpaired) electrons. The van der Waals surface area contributed by atoms with Crippen LogP contribution >= 0.6 is 0 Å². The SMILES string of the molecule is COC(C)C(NC(=O)OCC1c2ccccc2-c2ccccc21)C(=O)N(C)C(C)C(=O)O. The maximum Gasteiger partial charge on any atom is 0.407 e. The van der Waals surface area contributed by atoms with E-state index in [1.54, 1.807) is 6.92 Å². The molecular weight excluding hydrogens is 412 g/mol. The van der Waals surface area contributed by atoms with Crippen molar-refractivity contribution in [3.8, 4) is 11.1 Å². The van der Waals surface area contributed by atoms with Crippen molar-refractivity contribution in [2.24, 2.45) is 0 Å². The number of carboxylic acids is 1. The number of alkyl carbamates (subject to hydrolysis) is 1. The van der Waals surface area contributed by atoms with Crippen LogP contribution in [-0.4, -0.2) is 66.9 Å². The highest BCUT2D eigenvalue weighted by atomic mass is 16.5. The van der Waals surface area contributed by atoms with E-state index in [1.165, 1.54) is 21.1 Å². The fraction of sp³-hybridized carbons (Fsp3) is 0.375. The predicted molar refractivity (Wildman–Crippen MR) is 118 cm³/mol. The lowest BCUT2D eigenvalue weighted by atomic mass is 9.98.